The molecule has 138 valence electrons. The van der Waals surface area contributed by atoms with Crippen molar-refractivity contribution in [3.63, 3.8) is 0 Å². The van der Waals surface area contributed by atoms with Gasteiger partial charge in [0.15, 0.2) is 0 Å². The first-order chi connectivity index (χ1) is 11.8. The fraction of sp³-hybridized carbons (Fsp3) is 0.588. The number of piperazine rings is 1. The van der Waals surface area contributed by atoms with Gasteiger partial charge >= 0.3 is 0 Å². The number of amides is 1. The largest absolute Gasteiger partial charge is 0.368 e. The molecule has 1 heterocycles. The molecule has 2 fully saturated rings. The van der Waals surface area contributed by atoms with Gasteiger partial charge in [-0.1, -0.05) is 19.3 Å². The van der Waals surface area contributed by atoms with Crippen molar-refractivity contribution in [1.82, 2.24) is 4.90 Å². The van der Waals surface area contributed by atoms with E-state index in [1.807, 2.05) is 4.90 Å². The van der Waals surface area contributed by atoms with Crippen LogP contribution in [0.2, 0.25) is 0 Å². The fourth-order valence-corrected chi connectivity index (χ4v) is 4.24. The highest BCUT2D eigenvalue weighted by Crippen LogP contribution is 2.28. The first-order valence-corrected chi connectivity index (χ1v) is 10.3. The zero-order chi connectivity index (χ0) is 18.1. The highest BCUT2D eigenvalue weighted by Gasteiger charge is 2.39. The SMILES string of the molecule is NC1(C(=O)N2CCN(c3ccc(S(N)(=O)=O)cc3)CC2)CCCCC1. The Labute approximate surface area is 149 Å². The molecule has 0 unspecified atom stereocenters. The van der Waals surface area contributed by atoms with E-state index in [9.17, 15) is 13.2 Å². The van der Waals surface area contributed by atoms with E-state index in [0.29, 0.717) is 26.2 Å². The Balaban J connectivity index is 1.61. The molecule has 25 heavy (non-hydrogen) atoms. The molecule has 1 saturated carbocycles. The Morgan fingerprint density at radius 1 is 0.960 bits per heavy atom. The summed E-state index contributed by atoms with van der Waals surface area (Å²) in [5.41, 5.74) is 6.61. The molecule has 7 nitrogen and oxygen atoms in total. The summed E-state index contributed by atoms with van der Waals surface area (Å²) < 4.78 is 22.7. The maximum Gasteiger partial charge on any atom is 0.242 e. The number of carbonyl (C=O) groups is 1. The number of nitrogens with zero attached hydrogens (tertiary/aromatic N) is 2. The molecular formula is C17H26N4O3S. The number of carbonyl (C=O) groups excluding carboxylic acids is 1. The molecule has 8 heteroatoms. The summed E-state index contributed by atoms with van der Waals surface area (Å²) in [7, 11) is -3.67. The van der Waals surface area contributed by atoms with Crippen molar-refractivity contribution >= 4 is 21.6 Å². The van der Waals surface area contributed by atoms with Crippen LogP contribution in [0.4, 0.5) is 5.69 Å². The van der Waals surface area contributed by atoms with Crippen LogP contribution < -0.4 is 15.8 Å². The molecule has 0 aromatic heterocycles. The molecule has 1 aliphatic carbocycles. The van der Waals surface area contributed by atoms with Gasteiger partial charge in [-0.05, 0) is 37.1 Å². The van der Waals surface area contributed by atoms with Crippen molar-refractivity contribution in [3.05, 3.63) is 24.3 Å². The van der Waals surface area contributed by atoms with Crippen LogP contribution in [0, 0.1) is 0 Å². The summed E-state index contributed by atoms with van der Waals surface area (Å²) in [5.74, 6) is 0.0800. The summed E-state index contributed by atoms with van der Waals surface area (Å²) in [6.45, 7) is 2.68. The Morgan fingerprint density at radius 3 is 2.04 bits per heavy atom. The van der Waals surface area contributed by atoms with Gasteiger partial charge in [0.2, 0.25) is 15.9 Å². The Morgan fingerprint density at radius 2 is 1.52 bits per heavy atom. The standard InChI is InChI=1S/C17H26N4O3S/c18-17(8-2-1-3-9-17)16(22)21-12-10-20(11-13-21)14-4-6-15(7-5-14)25(19,23)24/h4-7H,1-3,8-13,18H2,(H2,19,23,24). The molecule has 0 atom stereocenters. The van der Waals surface area contributed by atoms with Crippen molar-refractivity contribution < 1.29 is 13.2 Å². The Hall–Kier alpha value is -1.64. The fourth-order valence-electron chi connectivity index (χ4n) is 3.73. The highest BCUT2D eigenvalue weighted by molar-refractivity contribution is 7.89. The van der Waals surface area contributed by atoms with Gasteiger partial charge in [0.05, 0.1) is 10.4 Å². The molecule has 0 radical (unpaired) electrons. The van der Waals surface area contributed by atoms with E-state index in [1.165, 1.54) is 12.1 Å². The molecular weight excluding hydrogens is 340 g/mol. The van der Waals surface area contributed by atoms with Crippen LogP contribution in [0.1, 0.15) is 32.1 Å². The zero-order valence-electron chi connectivity index (χ0n) is 14.4. The van der Waals surface area contributed by atoms with Gasteiger partial charge in [0.25, 0.3) is 0 Å². The highest BCUT2D eigenvalue weighted by atomic mass is 32.2. The van der Waals surface area contributed by atoms with Crippen LogP contribution in [0.5, 0.6) is 0 Å². The number of nitrogens with two attached hydrogens (primary N) is 2. The predicted octanol–water partition coefficient (Wildman–Crippen LogP) is 0.644. The van der Waals surface area contributed by atoms with Gasteiger partial charge < -0.3 is 15.5 Å². The third kappa shape index (κ3) is 3.96. The molecule has 1 amide bonds. The summed E-state index contributed by atoms with van der Waals surface area (Å²) in [6.07, 6.45) is 4.77. The molecule has 1 aromatic carbocycles. The van der Waals surface area contributed by atoms with Crippen molar-refractivity contribution in [2.75, 3.05) is 31.1 Å². The third-order valence-electron chi connectivity index (χ3n) is 5.27. The number of hydrogen-bond acceptors (Lipinski definition) is 5. The lowest BCUT2D eigenvalue weighted by molar-refractivity contribution is -0.138. The average Bonchev–Trinajstić information content (AvgIpc) is 2.61. The molecule has 2 aliphatic rings. The number of hydrogen-bond donors (Lipinski definition) is 2. The summed E-state index contributed by atoms with van der Waals surface area (Å²) in [4.78, 5) is 16.9. The number of anilines is 1. The lowest BCUT2D eigenvalue weighted by atomic mass is 9.81. The van der Waals surface area contributed by atoms with Crippen molar-refractivity contribution in [3.8, 4) is 0 Å². The molecule has 1 aliphatic heterocycles. The maximum atomic E-state index is 12.8. The van der Waals surface area contributed by atoms with Gasteiger partial charge in [-0.25, -0.2) is 13.6 Å². The first-order valence-electron chi connectivity index (χ1n) is 8.76. The van der Waals surface area contributed by atoms with Crippen molar-refractivity contribution in [2.24, 2.45) is 10.9 Å². The number of sulfonamides is 1. The van der Waals surface area contributed by atoms with E-state index in [2.05, 4.69) is 4.90 Å². The molecule has 0 spiro atoms. The number of benzene rings is 1. The number of rotatable bonds is 3. The van der Waals surface area contributed by atoms with Crippen LogP contribution in [0.25, 0.3) is 0 Å². The first kappa shape index (κ1) is 18.2. The summed E-state index contributed by atoms with van der Waals surface area (Å²) in [6, 6.07) is 6.53. The van der Waals surface area contributed by atoms with E-state index < -0.39 is 15.6 Å². The topological polar surface area (TPSA) is 110 Å². The van der Waals surface area contributed by atoms with Gasteiger partial charge in [-0.15, -0.1) is 0 Å². The van der Waals surface area contributed by atoms with E-state index in [4.69, 9.17) is 10.9 Å². The average molecular weight is 366 g/mol. The normalized spacial score (nSPS) is 21.2. The molecule has 1 saturated heterocycles. The van der Waals surface area contributed by atoms with Gasteiger partial charge in [-0.2, -0.15) is 0 Å². The lowest BCUT2D eigenvalue weighted by Crippen LogP contribution is -2.60. The van der Waals surface area contributed by atoms with Crippen LogP contribution in [-0.4, -0.2) is 50.9 Å². The van der Waals surface area contributed by atoms with E-state index in [-0.39, 0.29) is 10.8 Å². The van der Waals surface area contributed by atoms with Crippen molar-refractivity contribution in [2.45, 2.75) is 42.5 Å². The van der Waals surface area contributed by atoms with Gasteiger partial charge in [-0.3, -0.25) is 4.79 Å². The van der Waals surface area contributed by atoms with E-state index in [1.54, 1.807) is 12.1 Å². The predicted molar refractivity (Wildman–Crippen MR) is 96.6 cm³/mol. The van der Waals surface area contributed by atoms with E-state index in [0.717, 1.165) is 37.8 Å². The van der Waals surface area contributed by atoms with Gasteiger partial charge in [0, 0.05) is 31.9 Å². The minimum absolute atomic E-state index is 0.0800. The molecule has 3 rings (SSSR count). The van der Waals surface area contributed by atoms with Crippen molar-refractivity contribution in [1.29, 1.82) is 0 Å². The van der Waals surface area contributed by atoms with Crippen LogP contribution in [0.15, 0.2) is 29.2 Å². The second kappa shape index (κ2) is 6.93. The van der Waals surface area contributed by atoms with E-state index >= 15 is 0 Å². The lowest BCUT2D eigenvalue weighted by Gasteiger charge is -2.41. The van der Waals surface area contributed by atoms with Gasteiger partial charge in [0.1, 0.15) is 0 Å². The van der Waals surface area contributed by atoms with Crippen LogP contribution >= 0.6 is 0 Å². The minimum Gasteiger partial charge on any atom is -0.368 e. The second-order valence-corrected chi connectivity index (χ2v) is 8.60. The Kier molecular flexibility index (Phi) is 5.04. The summed E-state index contributed by atoms with van der Waals surface area (Å²) in [5, 5.41) is 5.12. The quantitative estimate of drug-likeness (QED) is 0.816. The molecule has 0 bridgehead atoms. The van der Waals surface area contributed by atoms with Crippen LogP contribution in [-0.2, 0) is 14.8 Å². The Bertz CT molecular complexity index is 719. The smallest absolute Gasteiger partial charge is 0.242 e. The third-order valence-corrected chi connectivity index (χ3v) is 6.20. The second-order valence-electron chi connectivity index (χ2n) is 7.03. The monoisotopic (exact) mass is 366 g/mol. The zero-order valence-corrected chi connectivity index (χ0v) is 15.2. The number of primary sulfonamides is 1. The molecule has 1 aromatic rings. The van der Waals surface area contributed by atoms with Crippen LogP contribution in [0.3, 0.4) is 0 Å². The maximum absolute atomic E-state index is 12.8. The molecule has 4 N–H and O–H groups in total. The summed E-state index contributed by atoms with van der Waals surface area (Å²) >= 11 is 0. The minimum atomic E-state index is -3.67.